The summed E-state index contributed by atoms with van der Waals surface area (Å²) in [4.78, 5) is 23.1. The van der Waals surface area contributed by atoms with Crippen molar-refractivity contribution in [2.24, 2.45) is 0 Å². The lowest BCUT2D eigenvalue weighted by atomic mass is 9.74. The maximum atomic E-state index is 12.2. The number of tetrazole rings is 1. The molecular weight excluding hydrogens is 298 g/mol. The molecule has 0 spiro atoms. The third kappa shape index (κ3) is 3.53. The molecule has 1 saturated carbocycles. The minimum atomic E-state index is -0.879. The van der Waals surface area contributed by atoms with Crippen molar-refractivity contribution in [2.75, 3.05) is 0 Å². The highest BCUT2D eigenvalue weighted by atomic mass is 16.4. The maximum Gasteiger partial charge on any atom is 0.305 e. The van der Waals surface area contributed by atoms with Crippen molar-refractivity contribution < 1.29 is 14.7 Å². The van der Waals surface area contributed by atoms with Gasteiger partial charge in [-0.15, -0.1) is 5.10 Å². The fourth-order valence-electron chi connectivity index (χ4n) is 2.81. The van der Waals surface area contributed by atoms with Crippen LogP contribution in [-0.2, 0) is 16.0 Å². The van der Waals surface area contributed by atoms with E-state index in [2.05, 4.69) is 20.8 Å². The molecule has 0 saturated heterocycles. The number of carboxylic acid groups (broad SMARTS) is 1. The van der Waals surface area contributed by atoms with E-state index in [4.69, 9.17) is 5.11 Å². The molecule has 0 unspecified atom stereocenters. The van der Waals surface area contributed by atoms with Crippen molar-refractivity contribution in [3.8, 4) is 5.69 Å². The average molecular weight is 315 g/mol. The summed E-state index contributed by atoms with van der Waals surface area (Å²) >= 11 is 0. The van der Waals surface area contributed by atoms with Gasteiger partial charge in [0.2, 0.25) is 5.91 Å². The first kappa shape index (κ1) is 15.1. The van der Waals surface area contributed by atoms with E-state index in [0.29, 0.717) is 0 Å². The van der Waals surface area contributed by atoms with E-state index in [1.54, 1.807) is 0 Å². The van der Waals surface area contributed by atoms with E-state index in [1.165, 1.54) is 11.0 Å². The summed E-state index contributed by atoms with van der Waals surface area (Å²) in [5, 5.41) is 22.8. The van der Waals surface area contributed by atoms with Crippen LogP contribution in [0.1, 0.15) is 31.2 Å². The van der Waals surface area contributed by atoms with Gasteiger partial charge in [-0.2, -0.15) is 0 Å². The zero-order valence-corrected chi connectivity index (χ0v) is 12.5. The van der Waals surface area contributed by atoms with E-state index in [9.17, 15) is 9.59 Å². The molecule has 1 amide bonds. The molecule has 1 fully saturated rings. The Balaban J connectivity index is 1.60. The lowest BCUT2D eigenvalue weighted by molar-refractivity contribution is -0.140. The molecule has 2 N–H and O–H groups in total. The number of amides is 1. The van der Waals surface area contributed by atoms with Gasteiger partial charge < -0.3 is 10.4 Å². The molecule has 1 heterocycles. The molecule has 23 heavy (non-hydrogen) atoms. The van der Waals surface area contributed by atoms with Gasteiger partial charge in [-0.1, -0.05) is 12.1 Å². The number of nitrogens with zero attached hydrogens (tertiary/aromatic N) is 4. The second-order valence-electron chi connectivity index (χ2n) is 5.85. The van der Waals surface area contributed by atoms with Crippen LogP contribution in [0, 0.1) is 0 Å². The van der Waals surface area contributed by atoms with Crippen LogP contribution in [0.3, 0.4) is 0 Å². The number of rotatable bonds is 6. The standard InChI is InChI=1S/C15H17N5O3/c21-13(17-15(6-1-7-15)9-14(22)23)8-11-2-4-12(5-3-11)20-10-16-18-19-20/h2-5,10H,1,6-9H2,(H,17,21)(H,22,23). The fraction of sp³-hybridized carbons (Fsp3) is 0.400. The van der Waals surface area contributed by atoms with E-state index >= 15 is 0 Å². The predicted molar refractivity (Wildman–Crippen MR) is 79.8 cm³/mol. The van der Waals surface area contributed by atoms with E-state index in [1.807, 2.05) is 24.3 Å². The summed E-state index contributed by atoms with van der Waals surface area (Å²) in [7, 11) is 0. The summed E-state index contributed by atoms with van der Waals surface area (Å²) < 4.78 is 1.53. The molecule has 0 bridgehead atoms. The molecule has 1 aromatic carbocycles. The van der Waals surface area contributed by atoms with Gasteiger partial charge in [-0.05, 0) is 47.4 Å². The zero-order valence-electron chi connectivity index (χ0n) is 12.5. The molecule has 120 valence electrons. The number of hydrogen-bond donors (Lipinski definition) is 2. The second kappa shape index (κ2) is 6.15. The van der Waals surface area contributed by atoms with Crippen LogP contribution >= 0.6 is 0 Å². The van der Waals surface area contributed by atoms with Gasteiger partial charge >= 0.3 is 5.97 Å². The van der Waals surface area contributed by atoms with E-state index in [-0.39, 0.29) is 18.7 Å². The molecule has 0 aliphatic heterocycles. The Kier molecular flexibility index (Phi) is 4.05. The van der Waals surface area contributed by atoms with E-state index in [0.717, 1.165) is 30.5 Å². The van der Waals surface area contributed by atoms with Crippen LogP contribution in [0.4, 0.5) is 0 Å². The fourth-order valence-corrected chi connectivity index (χ4v) is 2.81. The van der Waals surface area contributed by atoms with Crippen molar-refractivity contribution >= 4 is 11.9 Å². The summed E-state index contributed by atoms with van der Waals surface area (Å²) in [5.74, 6) is -1.03. The Morgan fingerprint density at radius 1 is 1.26 bits per heavy atom. The molecule has 2 aromatic rings. The lowest BCUT2D eigenvalue weighted by Crippen LogP contribution is -2.55. The van der Waals surface area contributed by atoms with Gasteiger partial charge in [0.15, 0.2) is 0 Å². The van der Waals surface area contributed by atoms with Crippen molar-refractivity contribution in [3.05, 3.63) is 36.2 Å². The molecule has 1 aliphatic carbocycles. The first-order valence-electron chi connectivity index (χ1n) is 7.41. The third-order valence-electron chi connectivity index (χ3n) is 4.12. The Labute approximate surface area is 132 Å². The van der Waals surface area contributed by atoms with Gasteiger partial charge in [0.25, 0.3) is 0 Å². The number of benzene rings is 1. The molecule has 0 atom stereocenters. The molecule has 3 rings (SSSR count). The Bertz CT molecular complexity index is 692. The van der Waals surface area contributed by atoms with Gasteiger partial charge in [-0.25, -0.2) is 4.68 Å². The SMILES string of the molecule is O=C(O)CC1(NC(=O)Cc2ccc(-n3cnnn3)cc2)CCC1. The van der Waals surface area contributed by atoms with Crippen LogP contribution in [0.25, 0.3) is 5.69 Å². The third-order valence-corrected chi connectivity index (χ3v) is 4.12. The quantitative estimate of drug-likeness (QED) is 0.812. The van der Waals surface area contributed by atoms with Gasteiger partial charge in [0.1, 0.15) is 6.33 Å². The highest BCUT2D eigenvalue weighted by molar-refractivity contribution is 5.80. The maximum absolute atomic E-state index is 12.2. The molecule has 1 aliphatic rings. The first-order valence-corrected chi connectivity index (χ1v) is 7.41. The Morgan fingerprint density at radius 2 is 2.00 bits per heavy atom. The molecule has 8 nitrogen and oxygen atoms in total. The lowest BCUT2D eigenvalue weighted by Gasteiger charge is -2.41. The van der Waals surface area contributed by atoms with Crippen LogP contribution in [0.5, 0.6) is 0 Å². The summed E-state index contributed by atoms with van der Waals surface area (Å²) in [6.45, 7) is 0. The number of carbonyl (C=O) groups is 2. The number of aliphatic carboxylic acids is 1. The number of aromatic nitrogens is 4. The van der Waals surface area contributed by atoms with Gasteiger partial charge in [0, 0.05) is 0 Å². The van der Waals surface area contributed by atoms with Crippen molar-refractivity contribution in [1.82, 2.24) is 25.5 Å². The largest absolute Gasteiger partial charge is 0.481 e. The molecule has 8 heteroatoms. The van der Waals surface area contributed by atoms with Crippen LogP contribution in [0.15, 0.2) is 30.6 Å². The topological polar surface area (TPSA) is 110 Å². The van der Waals surface area contributed by atoms with Gasteiger partial charge in [-0.3, -0.25) is 9.59 Å². The average Bonchev–Trinajstić information content (AvgIpc) is 2.99. The highest BCUT2D eigenvalue weighted by Crippen LogP contribution is 2.34. The molecular formula is C15H17N5O3. The summed E-state index contributed by atoms with van der Waals surface area (Å²) in [6, 6.07) is 7.33. The highest BCUT2D eigenvalue weighted by Gasteiger charge is 2.40. The van der Waals surface area contributed by atoms with Gasteiger partial charge in [0.05, 0.1) is 24.1 Å². The molecule has 1 aromatic heterocycles. The van der Waals surface area contributed by atoms with Crippen molar-refractivity contribution in [1.29, 1.82) is 0 Å². The monoisotopic (exact) mass is 315 g/mol. The smallest absolute Gasteiger partial charge is 0.305 e. The number of nitrogens with one attached hydrogen (secondary N) is 1. The Hall–Kier alpha value is -2.77. The molecule has 0 radical (unpaired) electrons. The minimum absolute atomic E-state index is 0.0169. The second-order valence-corrected chi connectivity index (χ2v) is 5.85. The van der Waals surface area contributed by atoms with E-state index < -0.39 is 11.5 Å². The van der Waals surface area contributed by atoms with Crippen LogP contribution in [-0.4, -0.2) is 42.7 Å². The number of hydrogen-bond acceptors (Lipinski definition) is 5. The number of carbonyl (C=O) groups excluding carboxylic acids is 1. The van der Waals surface area contributed by atoms with Crippen LogP contribution in [0.2, 0.25) is 0 Å². The normalized spacial score (nSPS) is 15.7. The zero-order chi connectivity index (χ0) is 16.3. The first-order chi connectivity index (χ1) is 11.1. The summed E-state index contributed by atoms with van der Waals surface area (Å²) in [6.07, 6.45) is 4.10. The Morgan fingerprint density at radius 3 is 2.52 bits per heavy atom. The van der Waals surface area contributed by atoms with Crippen molar-refractivity contribution in [2.45, 2.75) is 37.6 Å². The summed E-state index contributed by atoms with van der Waals surface area (Å²) in [5.41, 5.74) is 1.10. The van der Waals surface area contributed by atoms with Crippen LogP contribution < -0.4 is 5.32 Å². The predicted octanol–water partition coefficient (Wildman–Crippen LogP) is 0.718. The number of carboxylic acids is 1. The van der Waals surface area contributed by atoms with Crippen molar-refractivity contribution in [3.63, 3.8) is 0 Å². The minimum Gasteiger partial charge on any atom is -0.481 e.